The Bertz CT molecular complexity index is 825. The molecule has 3 nitrogen and oxygen atoms in total. The Labute approximate surface area is 227 Å². The molecule has 0 bridgehead atoms. The Hall–Kier alpha value is -2.29. The number of benzene rings is 2. The minimum absolute atomic E-state index is 0.118. The topological polar surface area (TPSA) is 35.5 Å². The summed E-state index contributed by atoms with van der Waals surface area (Å²) in [7, 11) is 0. The molecule has 0 aliphatic carbocycles. The molecule has 0 aliphatic heterocycles. The van der Waals surface area contributed by atoms with E-state index in [1.54, 1.807) is 0 Å². The highest BCUT2D eigenvalue weighted by Gasteiger charge is 2.11. The van der Waals surface area contributed by atoms with Crippen molar-refractivity contribution in [1.82, 2.24) is 0 Å². The Balaban J connectivity index is 1.57. The van der Waals surface area contributed by atoms with Crippen LogP contribution in [0.15, 0.2) is 48.5 Å². The molecule has 3 heteroatoms. The van der Waals surface area contributed by atoms with E-state index in [1.165, 1.54) is 77.0 Å². The van der Waals surface area contributed by atoms with E-state index in [0.29, 0.717) is 6.42 Å². The Morgan fingerprint density at radius 3 is 1.59 bits per heavy atom. The van der Waals surface area contributed by atoms with Crippen molar-refractivity contribution in [1.29, 1.82) is 0 Å². The first kappa shape index (κ1) is 30.9. The molecule has 37 heavy (non-hydrogen) atoms. The van der Waals surface area contributed by atoms with Gasteiger partial charge in [-0.15, -0.1) is 0 Å². The van der Waals surface area contributed by atoms with E-state index in [4.69, 9.17) is 9.47 Å². The average Bonchev–Trinajstić information content (AvgIpc) is 2.92. The van der Waals surface area contributed by atoms with Crippen molar-refractivity contribution >= 4 is 5.97 Å². The van der Waals surface area contributed by atoms with Crippen molar-refractivity contribution in [2.24, 2.45) is 0 Å². The number of carbonyl (C=O) groups is 1. The quantitative estimate of drug-likeness (QED) is 0.124. The van der Waals surface area contributed by atoms with Gasteiger partial charge < -0.3 is 9.47 Å². The van der Waals surface area contributed by atoms with Crippen molar-refractivity contribution in [2.45, 2.75) is 130 Å². The fourth-order valence-electron chi connectivity index (χ4n) is 4.65. The van der Waals surface area contributed by atoms with E-state index < -0.39 is 0 Å². The van der Waals surface area contributed by atoms with E-state index in [9.17, 15) is 4.79 Å². The molecular formula is C34H52O3. The second kappa shape index (κ2) is 19.8. The van der Waals surface area contributed by atoms with Crippen molar-refractivity contribution in [3.05, 3.63) is 54.1 Å². The number of rotatable bonds is 21. The van der Waals surface area contributed by atoms with E-state index in [1.807, 2.05) is 19.1 Å². The number of hydrogen-bond donors (Lipinski definition) is 0. The molecule has 0 spiro atoms. The van der Waals surface area contributed by atoms with Gasteiger partial charge in [0.2, 0.25) is 0 Å². The summed E-state index contributed by atoms with van der Waals surface area (Å²) in [4.78, 5) is 11.9. The number of unbranched alkanes of at least 4 members (excludes halogenated alkanes) is 13. The lowest BCUT2D eigenvalue weighted by atomic mass is 10.0. The summed E-state index contributed by atoms with van der Waals surface area (Å²) in [5.41, 5.74) is 3.33. The van der Waals surface area contributed by atoms with Gasteiger partial charge in [0.05, 0.1) is 6.61 Å². The van der Waals surface area contributed by atoms with Gasteiger partial charge in [-0.25, -0.2) is 0 Å². The van der Waals surface area contributed by atoms with Gasteiger partial charge in [-0.2, -0.15) is 0 Å². The number of ether oxygens (including phenoxy) is 2. The zero-order valence-electron chi connectivity index (χ0n) is 23.9. The Kier molecular flexibility index (Phi) is 16.5. The SMILES string of the molecule is CCCCCCCCCCCCCCCOc1ccc(-c2ccc(C(C)OC(=O)CCCC)cc2)cc1. The van der Waals surface area contributed by atoms with Crippen LogP contribution in [-0.4, -0.2) is 12.6 Å². The molecule has 1 unspecified atom stereocenters. The predicted octanol–water partition coefficient (Wildman–Crippen LogP) is 10.6. The van der Waals surface area contributed by atoms with Crippen LogP contribution in [0.2, 0.25) is 0 Å². The average molecular weight is 509 g/mol. The standard InChI is InChI=1S/C34H52O3/c1-4-6-8-9-10-11-12-13-14-15-16-17-18-28-36-33-26-24-32(25-27-33)31-22-20-30(21-23-31)29(3)37-34(35)19-7-5-2/h20-27,29H,4-19,28H2,1-3H3. The van der Waals surface area contributed by atoms with Crippen LogP contribution < -0.4 is 4.74 Å². The van der Waals surface area contributed by atoms with Crippen LogP contribution >= 0.6 is 0 Å². The highest BCUT2D eigenvalue weighted by Crippen LogP contribution is 2.26. The van der Waals surface area contributed by atoms with Crippen LogP contribution in [-0.2, 0) is 9.53 Å². The third-order valence-electron chi connectivity index (χ3n) is 7.13. The van der Waals surface area contributed by atoms with Crippen LogP contribution in [0, 0.1) is 0 Å². The minimum atomic E-state index is -0.223. The summed E-state index contributed by atoms with van der Waals surface area (Å²) in [5.74, 6) is 0.819. The predicted molar refractivity (Wildman–Crippen MR) is 157 cm³/mol. The van der Waals surface area contributed by atoms with Crippen LogP contribution in [0.4, 0.5) is 0 Å². The zero-order chi connectivity index (χ0) is 26.6. The molecule has 0 heterocycles. The maximum Gasteiger partial charge on any atom is 0.306 e. The van der Waals surface area contributed by atoms with E-state index >= 15 is 0 Å². The summed E-state index contributed by atoms with van der Waals surface area (Å²) in [5, 5.41) is 0. The van der Waals surface area contributed by atoms with Gasteiger partial charge in [-0.1, -0.05) is 134 Å². The Morgan fingerprint density at radius 1 is 0.622 bits per heavy atom. The molecule has 0 saturated carbocycles. The number of esters is 1. The van der Waals surface area contributed by atoms with Gasteiger partial charge in [0, 0.05) is 6.42 Å². The summed E-state index contributed by atoms with van der Waals surface area (Å²) in [6.07, 6.45) is 19.9. The highest BCUT2D eigenvalue weighted by atomic mass is 16.5. The number of carbonyl (C=O) groups excluding carboxylic acids is 1. The maximum absolute atomic E-state index is 11.9. The van der Waals surface area contributed by atoms with E-state index in [0.717, 1.165) is 48.3 Å². The molecule has 0 aromatic heterocycles. The summed E-state index contributed by atoms with van der Waals surface area (Å²) >= 11 is 0. The van der Waals surface area contributed by atoms with Gasteiger partial charge in [0.15, 0.2) is 0 Å². The third kappa shape index (κ3) is 13.7. The normalized spacial score (nSPS) is 11.9. The number of hydrogen-bond acceptors (Lipinski definition) is 3. The second-order valence-electron chi connectivity index (χ2n) is 10.5. The smallest absolute Gasteiger partial charge is 0.306 e. The van der Waals surface area contributed by atoms with E-state index in [2.05, 4.69) is 50.2 Å². The van der Waals surface area contributed by atoms with Gasteiger partial charge in [-0.3, -0.25) is 4.79 Å². The van der Waals surface area contributed by atoms with Gasteiger partial charge >= 0.3 is 5.97 Å². The van der Waals surface area contributed by atoms with Gasteiger partial charge in [0.1, 0.15) is 11.9 Å². The summed E-state index contributed by atoms with van der Waals surface area (Å²) in [6.45, 7) is 7.09. The molecule has 0 N–H and O–H groups in total. The molecule has 2 aromatic carbocycles. The lowest BCUT2D eigenvalue weighted by Crippen LogP contribution is -2.08. The molecule has 0 fully saturated rings. The first-order valence-electron chi connectivity index (χ1n) is 15.2. The highest BCUT2D eigenvalue weighted by molar-refractivity contribution is 5.69. The molecule has 0 aliphatic rings. The molecular weight excluding hydrogens is 456 g/mol. The summed E-state index contributed by atoms with van der Waals surface area (Å²) in [6, 6.07) is 16.6. The molecule has 1 atom stereocenters. The van der Waals surface area contributed by atoms with Crippen LogP contribution in [0.5, 0.6) is 5.75 Å². The first-order chi connectivity index (χ1) is 18.1. The van der Waals surface area contributed by atoms with E-state index in [-0.39, 0.29) is 12.1 Å². The van der Waals surface area contributed by atoms with Crippen molar-refractivity contribution in [3.63, 3.8) is 0 Å². The second-order valence-corrected chi connectivity index (χ2v) is 10.5. The molecule has 0 amide bonds. The molecule has 0 saturated heterocycles. The van der Waals surface area contributed by atoms with Crippen LogP contribution in [0.3, 0.4) is 0 Å². The lowest BCUT2D eigenvalue weighted by molar-refractivity contribution is -0.148. The van der Waals surface area contributed by atoms with Crippen molar-refractivity contribution in [3.8, 4) is 16.9 Å². The van der Waals surface area contributed by atoms with Gasteiger partial charge in [-0.05, 0) is 48.6 Å². The third-order valence-corrected chi connectivity index (χ3v) is 7.13. The van der Waals surface area contributed by atoms with Crippen LogP contribution in [0.25, 0.3) is 11.1 Å². The fraction of sp³-hybridized carbons (Fsp3) is 0.618. The largest absolute Gasteiger partial charge is 0.494 e. The Morgan fingerprint density at radius 2 is 1.08 bits per heavy atom. The molecule has 2 rings (SSSR count). The molecule has 206 valence electrons. The van der Waals surface area contributed by atoms with Crippen molar-refractivity contribution < 1.29 is 14.3 Å². The maximum atomic E-state index is 11.9. The first-order valence-corrected chi connectivity index (χ1v) is 15.2. The van der Waals surface area contributed by atoms with Gasteiger partial charge in [0.25, 0.3) is 0 Å². The summed E-state index contributed by atoms with van der Waals surface area (Å²) < 4.78 is 11.5. The molecule has 0 radical (unpaired) electrons. The zero-order valence-corrected chi connectivity index (χ0v) is 23.9. The van der Waals surface area contributed by atoms with Crippen LogP contribution in [0.1, 0.15) is 135 Å². The lowest BCUT2D eigenvalue weighted by Gasteiger charge is -2.14. The monoisotopic (exact) mass is 508 g/mol. The fourth-order valence-corrected chi connectivity index (χ4v) is 4.65. The van der Waals surface area contributed by atoms with Crippen molar-refractivity contribution in [2.75, 3.05) is 6.61 Å². The molecule has 2 aromatic rings. The minimum Gasteiger partial charge on any atom is -0.494 e.